The van der Waals surface area contributed by atoms with Crippen LogP contribution in [-0.2, 0) is 0 Å². The number of benzene rings is 1. The molecule has 1 aromatic carbocycles. The lowest BCUT2D eigenvalue weighted by Gasteiger charge is -2.24. The number of hydrogen-bond donors (Lipinski definition) is 1. The van der Waals surface area contributed by atoms with Gasteiger partial charge in [-0.05, 0) is 38.0 Å². The molecule has 0 aromatic heterocycles. The first-order chi connectivity index (χ1) is 8.10. The molecule has 0 aliphatic heterocycles. The van der Waals surface area contributed by atoms with E-state index >= 15 is 0 Å². The Morgan fingerprint density at radius 1 is 1.35 bits per heavy atom. The third-order valence-corrected chi connectivity index (χ3v) is 3.29. The largest absolute Gasteiger partial charge is 0.389 e. The average molecular weight is 256 g/mol. The zero-order valence-electron chi connectivity index (χ0n) is 10.9. The summed E-state index contributed by atoms with van der Waals surface area (Å²) in [5.74, 6) is 0. The molecule has 0 spiro atoms. The van der Waals surface area contributed by atoms with Gasteiger partial charge in [-0.1, -0.05) is 31.0 Å². The molecule has 0 amide bonds. The van der Waals surface area contributed by atoms with Crippen LogP contribution in [-0.4, -0.2) is 18.2 Å². The zero-order chi connectivity index (χ0) is 12.8. The summed E-state index contributed by atoms with van der Waals surface area (Å²) in [7, 11) is 0. The quantitative estimate of drug-likeness (QED) is 0.830. The Morgan fingerprint density at radius 3 is 2.53 bits per heavy atom. The van der Waals surface area contributed by atoms with Crippen molar-refractivity contribution in [1.82, 2.24) is 0 Å². The van der Waals surface area contributed by atoms with Gasteiger partial charge in [-0.25, -0.2) is 0 Å². The van der Waals surface area contributed by atoms with E-state index in [0.29, 0.717) is 5.02 Å². The number of nitrogens with zero attached hydrogens (tertiary/aromatic N) is 1. The van der Waals surface area contributed by atoms with Crippen LogP contribution in [0.2, 0.25) is 5.02 Å². The molecule has 0 saturated carbocycles. The summed E-state index contributed by atoms with van der Waals surface area (Å²) in [5.41, 5.74) is 1.93. The number of halogens is 1. The van der Waals surface area contributed by atoms with Crippen molar-refractivity contribution in [2.45, 2.75) is 39.7 Å². The third-order valence-electron chi connectivity index (χ3n) is 2.96. The Bertz CT molecular complexity index is 352. The second kappa shape index (κ2) is 6.87. The minimum absolute atomic E-state index is 0.512. The molecule has 0 radical (unpaired) electrons. The second-order valence-corrected chi connectivity index (χ2v) is 4.72. The third kappa shape index (κ3) is 3.90. The minimum atomic E-state index is -0.512. The van der Waals surface area contributed by atoms with E-state index in [0.717, 1.165) is 24.3 Å². The van der Waals surface area contributed by atoms with Gasteiger partial charge in [0.1, 0.15) is 0 Å². The van der Waals surface area contributed by atoms with Gasteiger partial charge >= 0.3 is 0 Å². The van der Waals surface area contributed by atoms with Crippen LogP contribution in [0.25, 0.3) is 0 Å². The fourth-order valence-corrected chi connectivity index (χ4v) is 2.20. The van der Waals surface area contributed by atoms with Crippen molar-refractivity contribution in [3.63, 3.8) is 0 Å². The Balaban J connectivity index is 2.86. The fraction of sp³-hybridized carbons (Fsp3) is 0.571. The standard InChI is InChI=1S/C14H22ClNO/c1-4-6-9-16(5-2)12-7-8-13(11(3)17)14(15)10-12/h7-8,10-11,17H,4-6,9H2,1-3H3. The molecule has 0 fully saturated rings. The summed E-state index contributed by atoms with van der Waals surface area (Å²) >= 11 is 6.17. The summed E-state index contributed by atoms with van der Waals surface area (Å²) in [6.45, 7) is 8.10. The van der Waals surface area contributed by atoms with E-state index in [1.165, 1.54) is 12.8 Å². The van der Waals surface area contributed by atoms with Gasteiger partial charge in [0.15, 0.2) is 0 Å². The highest BCUT2D eigenvalue weighted by atomic mass is 35.5. The van der Waals surface area contributed by atoms with Crippen molar-refractivity contribution in [3.05, 3.63) is 28.8 Å². The zero-order valence-corrected chi connectivity index (χ0v) is 11.7. The molecule has 1 aromatic rings. The number of hydrogen-bond acceptors (Lipinski definition) is 2. The van der Waals surface area contributed by atoms with Gasteiger partial charge in [0, 0.05) is 23.8 Å². The maximum absolute atomic E-state index is 9.53. The molecule has 1 rings (SSSR count). The molecule has 1 atom stereocenters. The monoisotopic (exact) mass is 255 g/mol. The van der Waals surface area contributed by atoms with Crippen LogP contribution in [0, 0.1) is 0 Å². The van der Waals surface area contributed by atoms with Crippen molar-refractivity contribution in [2.24, 2.45) is 0 Å². The first-order valence-corrected chi connectivity index (χ1v) is 6.70. The first kappa shape index (κ1) is 14.3. The van der Waals surface area contributed by atoms with E-state index in [9.17, 15) is 5.11 Å². The summed E-state index contributed by atoms with van der Waals surface area (Å²) in [4.78, 5) is 2.31. The molecule has 1 N–H and O–H groups in total. The molecule has 17 heavy (non-hydrogen) atoms. The van der Waals surface area contributed by atoms with E-state index in [1.807, 2.05) is 18.2 Å². The molecule has 2 nitrogen and oxygen atoms in total. The van der Waals surface area contributed by atoms with Gasteiger partial charge in [0.2, 0.25) is 0 Å². The number of rotatable bonds is 6. The molecule has 0 bridgehead atoms. The Hall–Kier alpha value is -0.730. The highest BCUT2D eigenvalue weighted by Crippen LogP contribution is 2.27. The van der Waals surface area contributed by atoms with Gasteiger partial charge in [0.25, 0.3) is 0 Å². The number of unbranched alkanes of at least 4 members (excludes halogenated alkanes) is 1. The fourth-order valence-electron chi connectivity index (χ4n) is 1.87. The van der Waals surface area contributed by atoms with Crippen LogP contribution in [0.1, 0.15) is 45.3 Å². The van der Waals surface area contributed by atoms with E-state index in [4.69, 9.17) is 11.6 Å². The molecule has 1 unspecified atom stereocenters. The predicted molar refractivity (Wildman–Crippen MR) is 74.9 cm³/mol. The summed E-state index contributed by atoms with van der Waals surface area (Å²) in [6.07, 6.45) is 1.86. The van der Waals surface area contributed by atoms with Crippen molar-refractivity contribution in [3.8, 4) is 0 Å². The van der Waals surface area contributed by atoms with E-state index in [2.05, 4.69) is 18.7 Å². The van der Waals surface area contributed by atoms with Gasteiger partial charge in [-0.15, -0.1) is 0 Å². The molecule has 0 saturated heterocycles. The summed E-state index contributed by atoms with van der Waals surface area (Å²) < 4.78 is 0. The molecule has 0 aliphatic rings. The normalized spacial score (nSPS) is 12.5. The smallest absolute Gasteiger partial charge is 0.0776 e. The van der Waals surface area contributed by atoms with Gasteiger partial charge in [-0.3, -0.25) is 0 Å². The Labute approximate surface area is 109 Å². The van der Waals surface area contributed by atoms with Crippen molar-refractivity contribution >= 4 is 17.3 Å². The average Bonchev–Trinajstić information content (AvgIpc) is 2.29. The van der Waals surface area contributed by atoms with Gasteiger partial charge < -0.3 is 10.0 Å². The van der Waals surface area contributed by atoms with Crippen LogP contribution in [0.4, 0.5) is 5.69 Å². The Morgan fingerprint density at radius 2 is 2.06 bits per heavy atom. The number of anilines is 1. The molecule has 0 aliphatic carbocycles. The molecule has 0 heterocycles. The van der Waals surface area contributed by atoms with E-state index < -0.39 is 6.10 Å². The lowest BCUT2D eigenvalue weighted by molar-refractivity contribution is 0.199. The van der Waals surface area contributed by atoms with Crippen molar-refractivity contribution in [1.29, 1.82) is 0 Å². The SMILES string of the molecule is CCCCN(CC)c1ccc(C(C)O)c(Cl)c1. The minimum Gasteiger partial charge on any atom is -0.389 e. The number of aliphatic hydroxyl groups excluding tert-OH is 1. The maximum Gasteiger partial charge on any atom is 0.0776 e. The van der Waals surface area contributed by atoms with Crippen LogP contribution < -0.4 is 4.90 Å². The van der Waals surface area contributed by atoms with Crippen molar-refractivity contribution < 1.29 is 5.11 Å². The lowest BCUT2D eigenvalue weighted by atomic mass is 10.1. The second-order valence-electron chi connectivity index (χ2n) is 4.32. The van der Waals surface area contributed by atoms with E-state index in [1.54, 1.807) is 6.92 Å². The van der Waals surface area contributed by atoms with Crippen LogP contribution in [0.3, 0.4) is 0 Å². The highest BCUT2D eigenvalue weighted by molar-refractivity contribution is 6.31. The van der Waals surface area contributed by atoms with Gasteiger partial charge in [-0.2, -0.15) is 0 Å². The first-order valence-electron chi connectivity index (χ1n) is 6.32. The summed E-state index contributed by atoms with van der Waals surface area (Å²) in [5, 5.41) is 10.2. The van der Waals surface area contributed by atoms with Gasteiger partial charge in [0.05, 0.1) is 6.10 Å². The van der Waals surface area contributed by atoms with Crippen LogP contribution in [0.5, 0.6) is 0 Å². The molecule has 96 valence electrons. The van der Waals surface area contributed by atoms with Crippen LogP contribution in [0.15, 0.2) is 18.2 Å². The maximum atomic E-state index is 9.53. The Kier molecular flexibility index (Phi) is 5.79. The molecular formula is C14H22ClNO. The topological polar surface area (TPSA) is 23.5 Å². The highest BCUT2D eigenvalue weighted by Gasteiger charge is 2.10. The number of aliphatic hydroxyl groups is 1. The predicted octanol–water partition coefficient (Wildman–Crippen LogP) is 4.02. The molecule has 3 heteroatoms. The molecular weight excluding hydrogens is 234 g/mol. The van der Waals surface area contributed by atoms with E-state index in [-0.39, 0.29) is 0 Å². The van der Waals surface area contributed by atoms with Crippen molar-refractivity contribution in [2.75, 3.05) is 18.0 Å². The lowest BCUT2D eigenvalue weighted by Crippen LogP contribution is -2.23. The summed E-state index contributed by atoms with van der Waals surface area (Å²) in [6, 6.07) is 5.90. The van der Waals surface area contributed by atoms with Crippen LogP contribution >= 0.6 is 11.6 Å².